The van der Waals surface area contributed by atoms with Crippen LogP contribution in [0, 0.1) is 0 Å². The fourth-order valence-corrected chi connectivity index (χ4v) is 2.02. The molecule has 1 unspecified atom stereocenters. The van der Waals surface area contributed by atoms with E-state index in [2.05, 4.69) is 16.7 Å². The summed E-state index contributed by atoms with van der Waals surface area (Å²) >= 11 is 0. The molecule has 1 fully saturated rings. The number of aliphatic carboxylic acids is 1. The van der Waals surface area contributed by atoms with Crippen molar-refractivity contribution < 1.29 is 9.90 Å². The second kappa shape index (κ2) is 6.08. The summed E-state index contributed by atoms with van der Waals surface area (Å²) in [5.41, 5.74) is 0. The molecule has 0 aromatic rings. The lowest BCUT2D eigenvalue weighted by Crippen LogP contribution is -2.55. The van der Waals surface area contributed by atoms with Gasteiger partial charge in [-0.15, -0.1) is 0 Å². The van der Waals surface area contributed by atoms with Crippen LogP contribution in [0.5, 0.6) is 0 Å². The van der Waals surface area contributed by atoms with Crippen molar-refractivity contribution in [3.8, 4) is 0 Å². The number of carbonyl (C=O) groups is 1. The number of hydrogen-bond donors (Lipinski definition) is 1. The molecule has 15 heavy (non-hydrogen) atoms. The Morgan fingerprint density at radius 1 is 1.40 bits per heavy atom. The first-order valence-electron chi connectivity index (χ1n) is 5.80. The van der Waals surface area contributed by atoms with Gasteiger partial charge in [-0.05, 0) is 20.0 Å². The SMILES string of the molecule is CCCCCN1CCN(C)CC1C(=O)O. The maximum atomic E-state index is 11.1. The van der Waals surface area contributed by atoms with E-state index in [1.54, 1.807) is 0 Å². The lowest BCUT2D eigenvalue weighted by atomic mass is 10.1. The number of piperazine rings is 1. The van der Waals surface area contributed by atoms with Crippen molar-refractivity contribution in [1.82, 2.24) is 9.80 Å². The fourth-order valence-electron chi connectivity index (χ4n) is 2.02. The van der Waals surface area contributed by atoms with E-state index >= 15 is 0 Å². The van der Waals surface area contributed by atoms with Gasteiger partial charge in [0.2, 0.25) is 0 Å². The monoisotopic (exact) mass is 214 g/mol. The van der Waals surface area contributed by atoms with Gasteiger partial charge in [-0.25, -0.2) is 0 Å². The summed E-state index contributed by atoms with van der Waals surface area (Å²) in [6.45, 7) is 5.62. The van der Waals surface area contributed by atoms with E-state index in [0.717, 1.165) is 26.1 Å². The van der Waals surface area contributed by atoms with Crippen LogP contribution in [0.4, 0.5) is 0 Å². The molecule has 4 nitrogen and oxygen atoms in total. The van der Waals surface area contributed by atoms with Crippen molar-refractivity contribution in [3.63, 3.8) is 0 Å². The minimum atomic E-state index is -0.682. The molecule has 1 N–H and O–H groups in total. The quantitative estimate of drug-likeness (QED) is 0.690. The number of hydrogen-bond acceptors (Lipinski definition) is 3. The Morgan fingerprint density at radius 2 is 2.13 bits per heavy atom. The molecular weight excluding hydrogens is 192 g/mol. The molecule has 1 atom stereocenters. The highest BCUT2D eigenvalue weighted by atomic mass is 16.4. The standard InChI is InChI=1S/C11H22N2O2/c1-3-4-5-6-13-8-7-12(2)9-10(13)11(14)15/h10H,3-9H2,1-2H3,(H,14,15). The Morgan fingerprint density at radius 3 is 2.73 bits per heavy atom. The van der Waals surface area contributed by atoms with Gasteiger partial charge < -0.3 is 10.0 Å². The molecule has 1 aliphatic heterocycles. The van der Waals surface area contributed by atoms with Gasteiger partial charge in [-0.3, -0.25) is 9.69 Å². The van der Waals surface area contributed by atoms with Gasteiger partial charge in [-0.2, -0.15) is 0 Å². The zero-order valence-corrected chi connectivity index (χ0v) is 9.78. The average Bonchev–Trinajstić information content (AvgIpc) is 2.20. The van der Waals surface area contributed by atoms with Gasteiger partial charge in [0.05, 0.1) is 0 Å². The molecule has 0 radical (unpaired) electrons. The smallest absolute Gasteiger partial charge is 0.322 e. The first-order chi connectivity index (χ1) is 7.15. The van der Waals surface area contributed by atoms with E-state index in [9.17, 15) is 4.79 Å². The second-order valence-corrected chi connectivity index (χ2v) is 4.36. The lowest BCUT2D eigenvalue weighted by Gasteiger charge is -2.37. The second-order valence-electron chi connectivity index (χ2n) is 4.36. The van der Waals surface area contributed by atoms with Gasteiger partial charge in [0.25, 0.3) is 0 Å². The minimum Gasteiger partial charge on any atom is -0.480 e. The highest BCUT2D eigenvalue weighted by Gasteiger charge is 2.29. The predicted molar refractivity (Wildman–Crippen MR) is 60.0 cm³/mol. The summed E-state index contributed by atoms with van der Waals surface area (Å²) in [7, 11) is 1.99. The van der Waals surface area contributed by atoms with Crippen LogP contribution in [0.25, 0.3) is 0 Å². The van der Waals surface area contributed by atoms with Crippen molar-refractivity contribution >= 4 is 5.97 Å². The van der Waals surface area contributed by atoms with Gasteiger partial charge in [0.1, 0.15) is 6.04 Å². The molecule has 0 aromatic carbocycles. The van der Waals surface area contributed by atoms with Crippen LogP contribution in [0.1, 0.15) is 26.2 Å². The molecule has 0 amide bonds. The predicted octanol–water partition coefficient (Wildman–Crippen LogP) is 0.877. The molecule has 1 saturated heterocycles. The van der Waals surface area contributed by atoms with E-state index < -0.39 is 5.97 Å². The van der Waals surface area contributed by atoms with E-state index in [-0.39, 0.29) is 6.04 Å². The molecule has 0 aromatic heterocycles. The average molecular weight is 214 g/mol. The van der Waals surface area contributed by atoms with Gasteiger partial charge in [0, 0.05) is 19.6 Å². The van der Waals surface area contributed by atoms with Crippen molar-refractivity contribution in [2.45, 2.75) is 32.2 Å². The van der Waals surface area contributed by atoms with Crippen LogP contribution in [0.15, 0.2) is 0 Å². The van der Waals surface area contributed by atoms with E-state index in [0.29, 0.717) is 6.54 Å². The number of likely N-dealkylation sites (N-methyl/N-ethyl adjacent to an activating group) is 1. The molecule has 1 heterocycles. The van der Waals surface area contributed by atoms with Gasteiger partial charge in [-0.1, -0.05) is 19.8 Å². The van der Waals surface area contributed by atoms with Crippen LogP contribution < -0.4 is 0 Å². The Kier molecular flexibility index (Phi) is 5.05. The molecule has 0 spiro atoms. The van der Waals surface area contributed by atoms with Crippen LogP contribution >= 0.6 is 0 Å². The molecular formula is C11H22N2O2. The Bertz CT molecular complexity index is 209. The molecule has 4 heteroatoms. The summed E-state index contributed by atoms with van der Waals surface area (Å²) in [5, 5.41) is 9.11. The number of carboxylic acids is 1. The topological polar surface area (TPSA) is 43.8 Å². The Labute approximate surface area is 91.9 Å². The van der Waals surface area contributed by atoms with Crippen molar-refractivity contribution in [2.24, 2.45) is 0 Å². The van der Waals surface area contributed by atoms with Crippen molar-refractivity contribution in [2.75, 3.05) is 33.2 Å². The van der Waals surface area contributed by atoms with Crippen molar-refractivity contribution in [3.05, 3.63) is 0 Å². The maximum Gasteiger partial charge on any atom is 0.322 e. The first-order valence-corrected chi connectivity index (χ1v) is 5.80. The summed E-state index contributed by atoms with van der Waals surface area (Å²) in [6, 6.07) is -0.305. The van der Waals surface area contributed by atoms with Crippen LogP contribution in [-0.2, 0) is 4.79 Å². The fraction of sp³-hybridized carbons (Fsp3) is 0.909. The molecule has 1 aliphatic rings. The van der Waals surface area contributed by atoms with Crippen LogP contribution in [0.3, 0.4) is 0 Å². The maximum absolute atomic E-state index is 11.1. The number of rotatable bonds is 5. The number of nitrogens with zero attached hydrogens (tertiary/aromatic N) is 2. The van der Waals surface area contributed by atoms with Gasteiger partial charge in [0.15, 0.2) is 0 Å². The van der Waals surface area contributed by atoms with Crippen molar-refractivity contribution in [1.29, 1.82) is 0 Å². The summed E-state index contributed by atoms with van der Waals surface area (Å²) in [4.78, 5) is 15.3. The Hall–Kier alpha value is -0.610. The highest BCUT2D eigenvalue weighted by Crippen LogP contribution is 2.10. The zero-order valence-electron chi connectivity index (χ0n) is 9.78. The molecule has 1 rings (SSSR count). The van der Waals surface area contributed by atoms with E-state index in [1.807, 2.05) is 7.05 Å². The summed E-state index contributed by atoms with van der Waals surface area (Å²) < 4.78 is 0. The molecule has 0 aliphatic carbocycles. The third kappa shape index (κ3) is 3.80. The van der Waals surface area contributed by atoms with Gasteiger partial charge >= 0.3 is 5.97 Å². The largest absolute Gasteiger partial charge is 0.480 e. The highest BCUT2D eigenvalue weighted by molar-refractivity contribution is 5.73. The molecule has 0 saturated carbocycles. The van der Waals surface area contributed by atoms with Crippen LogP contribution in [-0.4, -0.2) is 60.1 Å². The number of unbranched alkanes of at least 4 members (excludes halogenated alkanes) is 2. The summed E-state index contributed by atoms with van der Waals surface area (Å²) in [6.07, 6.45) is 3.49. The molecule has 0 bridgehead atoms. The van der Waals surface area contributed by atoms with Crippen LogP contribution in [0.2, 0.25) is 0 Å². The Balaban J connectivity index is 2.42. The third-order valence-electron chi connectivity index (χ3n) is 3.03. The zero-order chi connectivity index (χ0) is 11.3. The minimum absolute atomic E-state index is 0.305. The summed E-state index contributed by atoms with van der Waals surface area (Å²) in [5.74, 6) is -0.682. The number of carboxylic acid groups (broad SMARTS) is 1. The normalized spacial score (nSPS) is 24.3. The van der Waals surface area contributed by atoms with E-state index in [4.69, 9.17) is 5.11 Å². The molecule has 88 valence electrons. The first kappa shape index (κ1) is 12.5. The van der Waals surface area contributed by atoms with E-state index in [1.165, 1.54) is 12.8 Å². The lowest BCUT2D eigenvalue weighted by molar-refractivity contribution is -0.145. The third-order valence-corrected chi connectivity index (χ3v) is 3.03.